The number of carbonyl (C=O) groups excluding carboxylic acids is 1. The van der Waals surface area contributed by atoms with E-state index in [4.69, 9.17) is 0 Å². The highest BCUT2D eigenvalue weighted by molar-refractivity contribution is 9.10. The lowest BCUT2D eigenvalue weighted by atomic mass is 9.79. The first-order chi connectivity index (χ1) is 9.99. The maximum Gasteiger partial charge on any atom is 0.243 e. The van der Waals surface area contributed by atoms with Crippen molar-refractivity contribution < 1.29 is 4.79 Å². The molecule has 0 saturated carbocycles. The Morgan fingerprint density at radius 1 is 1.33 bits per heavy atom. The standard InChI is InChI=1S/C17H23BrN2O/c1-4-9-17(13-19,10-5-2)16(21)20(3)12-14-7-6-8-15(18)11-14/h6-8,11H,4-5,9-10,12H2,1-3H3. The first-order valence-electron chi connectivity index (χ1n) is 7.40. The predicted molar refractivity (Wildman–Crippen MR) is 88.5 cm³/mol. The van der Waals surface area contributed by atoms with Crippen molar-refractivity contribution in [2.45, 2.75) is 46.1 Å². The molecule has 0 aromatic heterocycles. The molecule has 0 unspecified atom stereocenters. The van der Waals surface area contributed by atoms with Gasteiger partial charge in [-0.3, -0.25) is 4.79 Å². The van der Waals surface area contributed by atoms with Crippen molar-refractivity contribution in [1.82, 2.24) is 4.90 Å². The molecule has 0 saturated heterocycles. The lowest BCUT2D eigenvalue weighted by Gasteiger charge is -2.30. The number of hydrogen-bond acceptors (Lipinski definition) is 2. The maximum atomic E-state index is 12.8. The minimum atomic E-state index is -0.871. The topological polar surface area (TPSA) is 44.1 Å². The lowest BCUT2D eigenvalue weighted by molar-refractivity contribution is -0.139. The highest BCUT2D eigenvalue weighted by atomic mass is 79.9. The Kier molecular flexibility index (Phi) is 6.91. The predicted octanol–water partition coefficient (Wildman–Crippen LogP) is 4.52. The van der Waals surface area contributed by atoms with Gasteiger partial charge >= 0.3 is 0 Å². The van der Waals surface area contributed by atoms with Crippen molar-refractivity contribution in [2.24, 2.45) is 5.41 Å². The van der Waals surface area contributed by atoms with Crippen LogP contribution in [-0.2, 0) is 11.3 Å². The van der Waals surface area contributed by atoms with Gasteiger partial charge in [0, 0.05) is 18.1 Å². The summed E-state index contributed by atoms with van der Waals surface area (Å²) in [7, 11) is 1.78. The fraction of sp³-hybridized carbons (Fsp3) is 0.529. The van der Waals surface area contributed by atoms with E-state index >= 15 is 0 Å². The Labute approximate surface area is 136 Å². The lowest BCUT2D eigenvalue weighted by Crippen LogP contribution is -2.41. The van der Waals surface area contributed by atoms with Crippen LogP contribution >= 0.6 is 15.9 Å². The van der Waals surface area contributed by atoms with Gasteiger partial charge in [-0.05, 0) is 30.5 Å². The summed E-state index contributed by atoms with van der Waals surface area (Å²) in [6.45, 7) is 4.56. The summed E-state index contributed by atoms with van der Waals surface area (Å²) in [4.78, 5) is 14.4. The molecule has 0 radical (unpaired) electrons. The molecule has 1 rings (SSSR count). The van der Waals surface area contributed by atoms with Crippen LogP contribution < -0.4 is 0 Å². The molecule has 0 atom stereocenters. The average Bonchev–Trinajstić information content (AvgIpc) is 2.46. The Balaban J connectivity index is 2.90. The minimum absolute atomic E-state index is 0.0614. The number of halogens is 1. The summed E-state index contributed by atoms with van der Waals surface area (Å²) in [6, 6.07) is 10.2. The largest absolute Gasteiger partial charge is 0.340 e. The zero-order valence-corrected chi connectivity index (χ0v) is 14.6. The van der Waals surface area contributed by atoms with Crippen LogP contribution in [0.4, 0.5) is 0 Å². The second-order valence-corrected chi connectivity index (χ2v) is 6.40. The van der Waals surface area contributed by atoms with Crippen molar-refractivity contribution in [2.75, 3.05) is 7.05 Å². The summed E-state index contributed by atoms with van der Waals surface area (Å²) < 4.78 is 0.995. The summed E-state index contributed by atoms with van der Waals surface area (Å²) in [6.07, 6.45) is 2.92. The van der Waals surface area contributed by atoms with Crippen LogP contribution in [0.3, 0.4) is 0 Å². The van der Waals surface area contributed by atoms with Gasteiger partial charge < -0.3 is 4.90 Å². The molecule has 0 bridgehead atoms. The molecule has 0 aliphatic rings. The maximum absolute atomic E-state index is 12.8. The van der Waals surface area contributed by atoms with Crippen molar-refractivity contribution in [3.05, 3.63) is 34.3 Å². The van der Waals surface area contributed by atoms with E-state index in [0.29, 0.717) is 19.4 Å². The molecule has 0 aliphatic heterocycles. The third-order valence-electron chi connectivity index (χ3n) is 3.63. The number of nitriles is 1. The van der Waals surface area contributed by atoms with Crippen molar-refractivity contribution in [3.63, 3.8) is 0 Å². The zero-order chi connectivity index (χ0) is 15.9. The van der Waals surface area contributed by atoms with Gasteiger partial charge in [0.2, 0.25) is 5.91 Å². The monoisotopic (exact) mass is 350 g/mol. The van der Waals surface area contributed by atoms with Gasteiger partial charge in [-0.25, -0.2) is 0 Å². The van der Waals surface area contributed by atoms with E-state index in [0.717, 1.165) is 22.9 Å². The molecule has 3 nitrogen and oxygen atoms in total. The number of rotatable bonds is 7. The van der Waals surface area contributed by atoms with Crippen LogP contribution in [0, 0.1) is 16.7 Å². The molecule has 0 spiro atoms. The SMILES string of the molecule is CCCC(C#N)(CCC)C(=O)N(C)Cc1cccc(Br)c1. The van der Waals surface area contributed by atoms with E-state index < -0.39 is 5.41 Å². The summed E-state index contributed by atoms with van der Waals surface area (Å²) in [5.74, 6) is -0.0614. The Bertz CT molecular complexity index is 516. The van der Waals surface area contributed by atoms with Crippen LogP contribution in [-0.4, -0.2) is 17.9 Å². The van der Waals surface area contributed by atoms with E-state index in [2.05, 4.69) is 22.0 Å². The van der Waals surface area contributed by atoms with Crippen LogP contribution in [0.5, 0.6) is 0 Å². The molecule has 114 valence electrons. The molecule has 4 heteroatoms. The van der Waals surface area contributed by atoms with Crippen molar-refractivity contribution in [3.8, 4) is 6.07 Å². The molecule has 0 heterocycles. The number of nitrogens with zero attached hydrogens (tertiary/aromatic N) is 2. The van der Waals surface area contributed by atoms with Gasteiger partial charge in [-0.2, -0.15) is 5.26 Å². The Hall–Kier alpha value is -1.34. The van der Waals surface area contributed by atoms with Crippen LogP contribution in [0.2, 0.25) is 0 Å². The highest BCUT2D eigenvalue weighted by Crippen LogP contribution is 2.31. The Morgan fingerprint density at radius 3 is 2.43 bits per heavy atom. The second-order valence-electron chi connectivity index (χ2n) is 5.49. The van der Waals surface area contributed by atoms with E-state index in [1.165, 1.54) is 0 Å². The molecule has 21 heavy (non-hydrogen) atoms. The van der Waals surface area contributed by atoms with E-state index in [1.807, 2.05) is 38.1 Å². The molecular formula is C17H23BrN2O. The second kappa shape index (κ2) is 8.19. The van der Waals surface area contributed by atoms with Crippen LogP contribution in [0.1, 0.15) is 45.1 Å². The van der Waals surface area contributed by atoms with Crippen molar-refractivity contribution >= 4 is 21.8 Å². The minimum Gasteiger partial charge on any atom is -0.340 e. The number of carbonyl (C=O) groups is 1. The number of amides is 1. The number of benzene rings is 1. The van der Waals surface area contributed by atoms with Gasteiger partial charge in [0.15, 0.2) is 0 Å². The van der Waals surface area contributed by atoms with Gasteiger partial charge in [0.1, 0.15) is 5.41 Å². The molecule has 0 N–H and O–H groups in total. The molecule has 0 fully saturated rings. The molecule has 0 aliphatic carbocycles. The van der Waals surface area contributed by atoms with Crippen molar-refractivity contribution in [1.29, 1.82) is 5.26 Å². The highest BCUT2D eigenvalue weighted by Gasteiger charge is 2.38. The van der Waals surface area contributed by atoms with E-state index in [9.17, 15) is 10.1 Å². The number of hydrogen-bond donors (Lipinski definition) is 0. The summed E-state index contributed by atoms with van der Waals surface area (Å²) in [5, 5.41) is 9.56. The average molecular weight is 351 g/mol. The van der Waals surface area contributed by atoms with Crippen LogP contribution in [0.15, 0.2) is 28.7 Å². The third-order valence-corrected chi connectivity index (χ3v) is 4.13. The third kappa shape index (κ3) is 4.57. The Morgan fingerprint density at radius 2 is 1.95 bits per heavy atom. The van der Waals surface area contributed by atoms with Gasteiger partial charge in [-0.15, -0.1) is 0 Å². The molecular weight excluding hydrogens is 328 g/mol. The van der Waals surface area contributed by atoms with Crippen LogP contribution in [0.25, 0.3) is 0 Å². The summed E-state index contributed by atoms with van der Waals surface area (Å²) >= 11 is 3.44. The van der Waals surface area contributed by atoms with Gasteiger partial charge in [0.25, 0.3) is 0 Å². The first kappa shape index (κ1) is 17.7. The van der Waals surface area contributed by atoms with E-state index in [1.54, 1.807) is 11.9 Å². The van der Waals surface area contributed by atoms with Gasteiger partial charge in [-0.1, -0.05) is 54.8 Å². The van der Waals surface area contributed by atoms with E-state index in [-0.39, 0.29) is 5.91 Å². The van der Waals surface area contributed by atoms with Gasteiger partial charge in [0.05, 0.1) is 6.07 Å². The molecule has 1 amide bonds. The smallest absolute Gasteiger partial charge is 0.243 e. The normalized spacial score (nSPS) is 11.0. The molecule has 1 aromatic carbocycles. The summed E-state index contributed by atoms with van der Waals surface area (Å²) in [5.41, 5.74) is 0.185. The zero-order valence-electron chi connectivity index (χ0n) is 13.0. The fourth-order valence-corrected chi connectivity index (χ4v) is 3.15. The fourth-order valence-electron chi connectivity index (χ4n) is 2.70. The quantitative estimate of drug-likeness (QED) is 0.725. The first-order valence-corrected chi connectivity index (χ1v) is 8.19. The molecule has 1 aromatic rings.